The minimum absolute atomic E-state index is 0.0364. The number of nitrogens with zero attached hydrogens (tertiary/aromatic N) is 3. The van der Waals surface area contributed by atoms with E-state index >= 15 is 0 Å². The molecule has 0 saturated heterocycles. The predicted molar refractivity (Wildman–Crippen MR) is 73.4 cm³/mol. The maximum absolute atomic E-state index is 6.14. The number of rotatable bonds is 8. The number of hydrogen-bond acceptors (Lipinski definition) is 4. The van der Waals surface area contributed by atoms with Gasteiger partial charge in [-0.25, -0.2) is 4.98 Å². The SMILES string of the molecule is CC(C)C(N)c1cncn1CCOCCN(C)C. The van der Waals surface area contributed by atoms with Crippen LogP contribution in [0.25, 0.3) is 0 Å². The number of ether oxygens (including phenoxy) is 1. The van der Waals surface area contributed by atoms with Gasteiger partial charge in [0, 0.05) is 25.3 Å². The summed E-state index contributed by atoms with van der Waals surface area (Å²) in [7, 11) is 4.08. The first-order valence-corrected chi connectivity index (χ1v) is 6.50. The summed E-state index contributed by atoms with van der Waals surface area (Å²) in [6, 6.07) is 0.0364. The Balaban J connectivity index is 2.36. The Morgan fingerprint density at radius 1 is 1.39 bits per heavy atom. The van der Waals surface area contributed by atoms with Gasteiger partial charge in [0.25, 0.3) is 0 Å². The van der Waals surface area contributed by atoms with Crippen LogP contribution in [0.3, 0.4) is 0 Å². The Hall–Kier alpha value is -0.910. The van der Waals surface area contributed by atoms with E-state index in [9.17, 15) is 0 Å². The highest BCUT2D eigenvalue weighted by molar-refractivity contribution is 5.05. The molecule has 5 heteroatoms. The van der Waals surface area contributed by atoms with Gasteiger partial charge in [-0.1, -0.05) is 13.8 Å². The number of hydrogen-bond donors (Lipinski definition) is 1. The fraction of sp³-hybridized carbons (Fsp3) is 0.769. The van der Waals surface area contributed by atoms with Crippen molar-refractivity contribution >= 4 is 0 Å². The average Bonchev–Trinajstić information content (AvgIpc) is 2.75. The molecule has 0 amide bonds. The van der Waals surface area contributed by atoms with Crippen LogP contribution in [0.1, 0.15) is 25.6 Å². The highest BCUT2D eigenvalue weighted by Crippen LogP contribution is 2.18. The fourth-order valence-electron chi connectivity index (χ4n) is 1.65. The summed E-state index contributed by atoms with van der Waals surface area (Å²) in [5.74, 6) is 0.412. The van der Waals surface area contributed by atoms with Gasteiger partial charge in [0.1, 0.15) is 0 Å². The average molecular weight is 254 g/mol. The van der Waals surface area contributed by atoms with Gasteiger partial charge in [-0.3, -0.25) is 0 Å². The van der Waals surface area contributed by atoms with Crippen LogP contribution in [-0.2, 0) is 11.3 Å². The van der Waals surface area contributed by atoms with Gasteiger partial charge in [0.15, 0.2) is 0 Å². The molecule has 0 aliphatic heterocycles. The molecule has 104 valence electrons. The first-order valence-electron chi connectivity index (χ1n) is 6.50. The molecule has 0 bridgehead atoms. The van der Waals surface area contributed by atoms with Crippen molar-refractivity contribution in [3.8, 4) is 0 Å². The van der Waals surface area contributed by atoms with Gasteiger partial charge in [-0.2, -0.15) is 0 Å². The predicted octanol–water partition coefficient (Wildman–Crippen LogP) is 1.12. The van der Waals surface area contributed by atoms with Gasteiger partial charge in [-0.15, -0.1) is 0 Å². The number of likely N-dealkylation sites (N-methyl/N-ethyl adjacent to an activating group) is 1. The molecule has 1 unspecified atom stereocenters. The molecule has 1 heterocycles. The lowest BCUT2D eigenvalue weighted by atomic mass is 10.0. The number of imidazole rings is 1. The highest BCUT2D eigenvalue weighted by Gasteiger charge is 2.14. The molecule has 0 aromatic carbocycles. The normalized spacial score (nSPS) is 13.5. The summed E-state index contributed by atoms with van der Waals surface area (Å²) in [6.07, 6.45) is 3.68. The van der Waals surface area contributed by atoms with E-state index in [0.717, 1.165) is 25.4 Å². The van der Waals surface area contributed by atoms with Crippen LogP contribution in [0, 0.1) is 5.92 Å². The molecule has 2 N–H and O–H groups in total. The number of aromatic nitrogens is 2. The fourth-order valence-corrected chi connectivity index (χ4v) is 1.65. The summed E-state index contributed by atoms with van der Waals surface area (Å²) >= 11 is 0. The summed E-state index contributed by atoms with van der Waals surface area (Å²) in [5, 5.41) is 0. The third-order valence-electron chi connectivity index (χ3n) is 2.96. The molecule has 5 nitrogen and oxygen atoms in total. The Labute approximate surface area is 110 Å². The molecular weight excluding hydrogens is 228 g/mol. The number of nitrogens with two attached hydrogens (primary N) is 1. The lowest BCUT2D eigenvalue weighted by Crippen LogP contribution is -2.22. The van der Waals surface area contributed by atoms with Crippen molar-refractivity contribution in [1.82, 2.24) is 14.5 Å². The van der Waals surface area contributed by atoms with Crippen molar-refractivity contribution in [2.75, 3.05) is 33.9 Å². The monoisotopic (exact) mass is 254 g/mol. The lowest BCUT2D eigenvalue weighted by Gasteiger charge is -2.18. The van der Waals surface area contributed by atoms with Crippen LogP contribution in [0.4, 0.5) is 0 Å². The van der Waals surface area contributed by atoms with Crippen LogP contribution < -0.4 is 5.73 Å². The van der Waals surface area contributed by atoms with Crippen LogP contribution >= 0.6 is 0 Å². The molecule has 1 aromatic rings. The molecule has 0 radical (unpaired) electrons. The summed E-state index contributed by atoms with van der Waals surface area (Å²) in [5.41, 5.74) is 7.23. The first kappa shape index (κ1) is 15.1. The van der Waals surface area contributed by atoms with Gasteiger partial charge >= 0.3 is 0 Å². The minimum Gasteiger partial charge on any atom is -0.378 e. The smallest absolute Gasteiger partial charge is 0.0949 e. The van der Waals surface area contributed by atoms with Crippen molar-refractivity contribution in [1.29, 1.82) is 0 Å². The quantitative estimate of drug-likeness (QED) is 0.706. The maximum Gasteiger partial charge on any atom is 0.0949 e. The zero-order valence-corrected chi connectivity index (χ0v) is 12.0. The standard InChI is InChI=1S/C13H26N4O/c1-11(2)13(14)12-9-15-10-17(12)6-8-18-7-5-16(3)4/h9-11,13H,5-8,14H2,1-4H3. The van der Waals surface area contributed by atoms with E-state index in [-0.39, 0.29) is 6.04 Å². The molecule has 0 spiro atoms. The van der Waals surface area contributed by atoms with Crippen LogP contribution in [-0.4, -0.2) is 48.3 Å². The van der Waals surface area contributed by atoms with E-state index in [4.69, 9.17) is 10.5 Å². The molecule has 0 saturated carbocycles. The zero-order chi connectivity index (χ0) is 13.5. The van der Waals surface area contributed by atoms with E-state index < -0.39 is 0 Å². The van der Waals surface area contributed by atoms with Crippen molar-refractivity contribution in [2.24, 2.45) is 11.7 Å². The van der Waals surface area contributed by atoms with Gasteiger partial charge in [0.2, 0.25) is 0 Å². The molecule has 18 heavy (non-hydrogen) atoms. The molecule has 0 fully saturated rings. The lowest BCUT2D eigenvalue weighted by molar-refractivity contribution is 0.110. The Morgan fingerprint density at radius 3 is 2.72 bits per heavy atom. The Morgan fingerprint density at radius 2 is 2.11 bits per heavy atom. The second-order valence-electron chi connectivity index (χ2n) is 5.20. The molecule has 1 aromatic heterocycles. The Kier molecular flexibility index (Phi) is 6.32. The summed E-state index contributed by atoms with van der Waals surface area (Å²) < 4.78 is 7.67. The van der Waals surface area contributed by atoms with E-state index in [0.29, 0.717) is 12.5 Å². The van der Waals surface area contributed by atoms with E-state index in [1.165, 1.54) is 0 Å². The summed E-state index contributed by atoms with van der Waals surface area (Å²) in [4.78, 5) is 6.28. The van der Waals surface area contributed by atoms with Crippen LogP contribution in [0.5, 0.6) is 0 Å². The second-order valence-corrected chi connectivity index (χ2v) is 5.20. The molecular formula is C13H26N4O. The highest BCUT2D eigenvalue weighted by atomic mass is 16.5. The summed E-state index contributed by atoms with van der Waals surface area (Å²) in [6.45, 7) is 7.45. The van der Waals surface area contributed by atoms with E-state index in [1.54, 1.807) is 0 Å². The van der Waals surface area contributed by atoms with Crippen molar-refractivity contribution in [3.63, 3.8) is 0 Å². The van der Waals surface area contributed by atoms with E-state index in [2.05, 4.69) is 28.3 Å². The zero-order valence-electron chi connectivity index (χ0n) is 12.0. The molecule has 1 atom stereocenters. The van der Waals surface area contributed by atoms with Gasteiger partial charge in [0.05, 0.1) is 25.2 Å². The largest absolute Gasteiger partial charge is 0.378 e. The van der Waals surface area contributed by atoms with Crippen LogP contribution in [0.15, 0.2) is 12.5 Å². The van der Waals surface area contributed by atoms with E-state index in [1.807, 2.05) is 26.6 Å². The van der Waals surface area contributed by atoms with Gasteiger partial charge < -0.3 is 19.9 Å². The van der Waals surface area contributed by atoms with Gasteiger partial charge in [-0.05, 0) is 20.0 Å². The minimum atomic E-state index is 0.0364. The second kappa shape index (κ2) is 7.51. The molecule has 1 rings (SSSR count). The van der Waals surface area contributed by atoms with Crippen LogP contribution in [0.2, 0.25) is 0 Å². The van der Waals surface area contributed by atoms with Crippen molar-refractivity contribution in [2.45, 2.75) is 26.4 Å². The third kappa shape index (κ3) is 4.76. The van der Waals surface area contributed by atoms with Crippen molar-refractivity contribution in [3.05, 3.63) is 18.2 Å². The topological polar surface area (TPSA) is 56.3 Å². The maximum atomic E-state index is 6.14. The Bertz CT molecular complexity index is 335. The molecule has 0 aliphatic carbocycles. The van der Waals surface area contributed by atoms with Crippen molar-refractivity contribution < 1.29 is 4.74 Å². The first-order chi connectivity index (χ1) is 8.52. The molecule has 0 aliphatic rings. The third-order valence-corrected chi connectivity index (χ3v) is 2.96.